The number of phosphoric acid groups is 1. The van der Waals surface area contributed by atoms with E-state index in [0.717, 1.165) is 0 Å². The number of alkyl halides is 1. The lowest BCUT2D eigenvalue weighted by atomic mass is 10.1. The molecule has 3 aromatic heterocycles. The molecule has 0 aromatic carbocycles. The summed E-state index contributed by atoms with van der Waals surface area (Å²) in [6.45, 7) is 17.0. The first-order chi connectivity index (χ1) is 31.1. The molecule has 1 saturated carbocycles. The summed E-state index contributed by atoms with van der Waals surface area (Å²) in [7, 11) is -15.8. The number of H-pyrrole nitrogens is 1. The number of aromatic nitrogens is 7. The van der Waals surface area contributed by atoms with Crippen molar-refractivity contribution in [1.29, 1.82) is 5.26 Å². The molecular weight excluding hydrogens is 942 g/mol. The van der Waals surface area contributed by atoms with Crippen molar-refractivity contribution >= 4 is 62.2 Å². The van der Waals surface area contributed by atoms with Crippen LogP contribution in [-0.2, 0) is 49.8 Å². The molecule has 3 aliphatic rings. The fourth-order valence-corrected chi connectivity index (χ4v) is 20.5. The van der Waals surface area contributed by atoms with E-state index in [1.807, 2.05) is 61.5 Å². The number of phosphoric ester groups is 1. The van der Waals surface area contributed by atoms with E-state index in [0.29, 0.717) is 0 Å². The third-order valence-electron chi connectivity index (χ3n) is 12.0. The van der Waals surface area contributed by atoms with Gasteiger partial charge in [0.05, 0.1) is 44.7 Å². The first-order valence-corrected chi connectivity index (χ1v) is 28.6. The van der Waals surface area contributed by atoms with Gasteiger partial charge in [-0.3, -0.25) is 42.6 Å². The highest BCUT2D eigenvalue weighted by molar-refractivity contribution is 7.48. The molecule has 1 amide bonds. The fraction of sp³-hybridized carbons (Fsp3) is 0.737. The Hall–Kier alpha value is -3.42. The van der Waals surface area contributed by atoms with Crippen molar-refractivity contribution in [2.24, 2.45) is 11.8 Å². The number of nitrogens with zero attached hydrogens (tertiary/aromatic N) is 7. The summed E-state index contributed by atoms with van der Waals surface area (Å²) in [4.78, 5) is 61.6. The van der Waals surface area contributed by atoms with Crippen molar-refractivity contribution < 1.29 is 59.0 Å². The molecule has 366 valence electrons. The van der Waals surface area contributed by atoms with Crippen molar-refractivity contribution in [3.63, 3.8) is 0 Å². The lowest BCUT2D eigenvalue weighted by Gasteiger charge is -2.47. The number of anilines is 2. The minimum Gasteiger partial charge on any atom is -0.414 e. The van der Waals surface area contributed by atoms with E-state index >= 15 is 8.96 Å². The van der Waals surface area contributed by atoms with Crippen LogP contribution in [0, 0.1) is 23.2 Å². The molecule has 0 radical (unpaired) electrons. The van der Waals surface area contributed by atoms with Crippen LogP contribution in [-0.4, -0.2) is 119 Å². The highest BCUT2D eigenvalue weighted by Crippen LogP contribution is 2.57. The van der Waals surface area contributed by atoms with Crippen LogP contribution >= 0.6 is 16.1 Å². The number of halogens is 1. The summed E-state index contributed by atoms with van der Waals surface area (Å²) in [5.41, 5.74) is -2.23. The first kappa shape index (κ1) is 52.0. The van der Waals surface area contributed by atoms with Crippen LogP contribution < -0.4 is 16.2 Å². The maximum absolute atomic E-state index is 16.3. The minimum atomic E-state index is -4.89. The average Bonchev–Trinajstić information content (AvgIpc) is 3.91. The number of nitriles is 1. The molecule has 2 saturated heterocycles. The number of ether oxygens (including phenoxy) is 1. The van der Waals surface area contributed by atoms with Crippen LogP contribution in [0.2, 0.25) is 22.2 Å². The molecule has 3 aromatic rings. The lowest BCUT2D eigenvalue weighted by molar-refractivity contribution is -0.118. The molecule has 28 heteroatoms. The molecule has 0 spiro atoms. The van der Waals surface area contributed by atoms with Crippen molar-refractivity contribution in [1.82, 2.24) is 34.5 Å². The third-order valence-corrected chi connectivity index (χ3v) is 24.0. The van der Waals surface area contributed by atoms with Gasteiger partial charge < -0.3 is 32.4 Å². The van der Waals surface area contributed by atoms with Crippen LogP contribution in [0.15, 0.2) is 23.8 Å². The first-order valence-electron chi connectivity index (χ1n) is 22.0. The Morgan fingerprint density at radius 3 is 2.38 bits per heavy atom. The molecule has 2 aliphatic heterocycles. The average molecular weight is 1000 g/mol. The van der Waals surface area contributed by atoms with Gasteiger partial charge in [0, 0.05) is 11.8 Å². The fourth-order valence-electron chi connectivity index (χ4n) is 8.28. The molecule has 4 N–H and O–H groups in total. The molecule has 23 nitrogen and oxygen atoms in total. The van der Waals surface area contributed by atoms with Gasteiger partial charge in [-0.25, -0.2) is 28.9 Å². The Labute approximate surface area is 384 Å². The SMILES string of the molecule is CC(C)C(=O)Nc1nc2c(ncn2[C@@H]2O[C@@H]3CO[PH](=O)O[C@@H]4[C@@H](COP(=O)(OCCC#N)O[C@@H]2[C@@H]3O[Si](O[Si](O)(C(C)C)C(C)C)(C(C)C)C(C)C)C[C@@H](Nc2ncncn2)[C@@H]4F)c(=O)[nH]1. The second-order valence-electron chi connectivity index (χ2n) is 18.1. The van der Waals surface area contributed by atoms with Gasteiger partial charge in [0.25, 0.3) is 5.56 Å². The van der Waals surface area contributed by atoms with Gasteiger partial charge in [-0.15, -0.1) is 0 Å². The zero-order valence-corrected chi connectivity index (χ0v) is 42.5. The summed E-state index contributed by atoms with van der Waals surface area (Å²) in [5, 5.41) is 15.0. The summed E-state index contributed by atoms with van der Waals surface area (Å²) in [6, 6.07) is 0.949. The topological polar surface area (TPSA) is 295 Å². The number of amides is 1. The predicted octanol–water partition coefficient (Wildman–Crippen LogP) is 5.80. The van der Waals surface area contributed by atoms with Gasteiger partial charge >= 0.3 is 33.2 Å². The Kier molecular flexibility index (Phi) is 16.9. The molecule has 10 atom stereocenters. The maximum Gasteiger partial charge on any atom is 0.475 e. The highest BCUT2D eigenvalue weighted by Gasteiger charge is 2.61. The normalized spacial score (nSPS) is 28.9. The predicted molar refractivity (Wildman–Crippen MR) is 240 cm³/mol. The Morgan fingerprint density at radius 1 is 1.08 bits per heavy atom. The van der Waals surface area contributed by atoms with Crippen LogP contribution in [0.25, 0.3) is 11.2 Å². The van der Waals surface area contributed by atoms with Crippen molar-refractivity contribution in [2.45, 2.75) is 147 Å². The summed E-state index contributed by atoms with van der Waals surface area (Å²) >= 11 is 0. The number of aromatic amines is 1. The Morgan fingerprint density at radius 2 is 1.76 bits per heavy atom. The van der Waals surface area contributed by atoms with Crippen molar-refractivity contribution in [3.8, 4) is 6.07 Å². The largest absolute Gasteiger partial charge is 0.475 e. The smallest absolute Gasteiger partial charge is 0.414 e. The number of hydrogen-bond acceptors (Lipinski definition) is 20. The van der Waals surface area contributed by atoms with E-state index < -0.39 is 119 Å². The zero-order chi connectivity index (χ0) is 48.3. The summed E-state index contributed by atoms with van der Waals surface area (Å²) in [6.07, 6.45) is -5.47. The molecule has 66 heavy (non-hydrogen) atoms. The molecule has 5 heterocycles. The minimum absolute atomic E-state index is 0.0158. The lowest BCUT2D eigenvalue weighted by Crippen LogP contribution is -2.62. The van der Waals surface area contributed by atoms with E-state index in [1.165, 1.54) is 23.5 Å². The van der Waals surface area contributed by atoms with Gasteiger partial charge in [0.1, 0.15) is 43.2 Å². The van der Waals surface area contributed by atoms with Crippen LogP contribution in [0.1, 0.15) is 88.3 Å². The maximum atomic E-state index is 16.3. The number of fused-ring (bicyclic) bond motifs is 4. The van der Waals surface area contributed by atoms with E-state index in [4.69, 9.17) is 35.9 Å². The van der Waals surface area contributed by atoms with Gasteiger partial charge in [-0.1, -0.05) is 69.2 Å². The van der Waals surface area contributed by atoms with Crippen LogP contribution in [0.3, 0.4) is 0 Å². The van der Waals surface area contributed by atoms with E-state index in [2.05, 4.69) is 40.5 Å². The number of carbonyl (C=O) groups excluding carboxylic acids is 1. The second kappa shape index (κ2) is 21.5. The quantitative estimate of drug-likeness (QED) is 0.0749. The van der Waals surface area contributed by atoms with Gasteiger partial charge in [-0.05, 0) is 28.6 Å². The number of imidazole rings is 1. The number of carbonyl (C=O) groups is 1. The summed E-state index contributed by atoms with van der Waals surface area (Å²) in [5.74, 6) is -1.97. The highest BCUT2D eigenvalue weighted by atomic mass is 31.2. The summed E-state index contributed by atoms with van der Waals surface area (Å²) < 4.78 is 97.9. The molecule has 2 bridgehead atoms. The van der Waals surface area contributed by atoms with Crippen molar-refractivity contribution in [3.05, 3.63) is 29.3 Å². The molecular formula is C38H61FN10O13P2Si2. The Bertz CT molecular complexity index is 2310. The zero-order valence-electron chi connectivity index (χ0n) is 38.6. The molecule has 3 fully saturated rings. The van der Waals surface area contributed by atoms with Gasteiger partial charge in [0.15, 0.2) is 17.4 Å². The van der Waals surface area contributed by atoms with Crippen LogP contribution in [0.4, 0.5) is 16.3 Å². The van der Waals surface area contributed by atoms with Gasteiger partial charge in [-0.2, -0.15) is 10.2 Å². The monoisotopic (exact) mass is 1000 g/mol. The molecule has 6 rings (SSSR count). The van der Waals surface area contributed by atoms with E-state index in [-0.39, 0.29) is 58.1 Å². The Balaban J connectivity index is 1.50. The molecule has 2 unspecified atom stereocenters. The van der Waals surface area contributed by atoms with E-state index in [1.54, 1.807) is 13.8 Å². The van der Waals surface area contributed by atoms with Gasteiger partial charge in [0.2, 0.25) is 17.8 Å². The second-order valence-corrected chi connectivity index (χ2v) is 29.3. The standard InChI is InChI=1S/C38H61FN10O13P2Si2/c1-20(2)34(50)47-38-46-33-29(35(51)48-38)44-19-49(33)36-32-31(61-66(23(7)8,24(9)10)62-65(54,21(3)4)22(5)6)27(58-36)16-55-63(52)59-30-25(15-57-64(53,60-32)56-13-11-12-40)14-26(28(30)39)45-37-42-17-41-18-43-37/h17-28,30-32,36,54,63H,11,13-16H2,1-10H3,(H,41,42,43,45)(H2,46,47,48,50,51)/t25-,26-,27-,28+,30-,31-,32-,36-,64?/m1/s1. The number of nitrogens with one attached hydrogen (secondary N) is 3. The molecule has 1 aliphatic carbocycles. The number of hydrogen-bond donors (Lipinski definition) is 4. The van der Waals surface area contributed by atoms with E-state index in [9.17, 15) is 24.2 Å². The number of rotatable bonds is 16. The van der Waals surface area contributed by atoms with Crippen LogP contribution in [0.5, 0.6) is 0 Å². The third kappa shape index (κ3) is 11.2. The van der Waals surface area contributed by atoms with Crippen molar-refractivity contribution in [2.75, 3.05) is 30.5 Å².